The van der Waals surface area contributed by atoms with Crippen LogP contribution in [0.15, 0.2) is 85.1 Å². The number of fused-ring (bicyclic) bond motifs is 1. The van der Waals surface area contributed by atoms with Crippen molar-refractivity contribution in [1.29, 1.82) is 0 Å². The first kappa shape index (κ1) is 31.7. The number of likely N-dealkylation sites (tertiary alicyclic amines) is 1. The van der Waals surface area contributed by atoms with Crippen molar-refractivity contribution in [2.75, 3.05) is 18.5 Å². The van der Waals surface area contributed by atoms with Crippen molar-refractivity contribution in [2.24, 2.45) is 0 Å². The third kappa shape index (κ3) is 7.12. The Labute approximate surface area is 276 Å². The number of hydrogen-bond acceptors (Lipinski definition) is 8. The molecule has 1 amide bonds. The van der Waals surface area contributed by atoms with E-state index in [1.165, 1.54) is 18.3 Å². The zero-order chi connectivity index (χ0) is 32.9. The predicted molar refractivity (Wildman–Crippen MR) is 176 cm³/mol. The van der Waals surface area contributed by atoms with E-state index >= 15 is 0 Å². The molecule has 9 nitrogen and oxygen atoms in total. The first-order valence-electron chi connectivity index (χ1n) is 15.1. The summed E-state index contributed by atoms with van der Waals surface area (Å²) in [5.41, 5.74) is 3.91. The maximum atomic E-state index is 14.6. The lowest BCUT2D eigenvalue weighted by molar-refractivity contribution is 0.0527. The number of nitrogens with one attached hydrogen (secondary N) is 1. The van der Waals surface area contributed by atoms with Gasteiger partial charge >= 0.3 is 12.1 Å². The largest absolute Gasteiger partial charge is 0.462 e. The number of carbonyl (C=O) groups is 2. The number of hydrogen-bond donors (Lipinski definition) is 1. The minimum absolute atomic E-state index is 0.134. The van der Waals surface area contributed by atoms with Gasteiger partial charge in [-0.05, 0) is 74.2 Å². The van der Waals surface area contributed by atoms with E-state index in [9.17, 15) is 14.0 Å². The number of amides is 1. The summed E-state index contributed by atoms with van der Waals surface area (Å²) in [4.78, 5) is 36.4. The first-order valence-corrected chi connectivity index (χ1v) is 15.5. The van der Waals surface area contributed by atoms with Crippen molar-refractivity contribution < 1.29 is 28.2 Å². The van der Waals surface area contributed by atoms with E-state index in [2.05, 4.69) is 22.2 Å². The van der Waals surface area contributed by atoms with Gasteiger partial charge in [0.1, 0.15) is 40.2 Å². The zero-order valence-corrected chi connectivity index (χ0v) is 26.3. The van der Waals surface area contributed by atoms with Gasteiger partial charge in [-0.1, -0.05) is 48.0 Å². The van der Waals surface area contributed by atoms with E-state index in [1.54, 1.807) is 48.2 Å². The maximum absolute atomic E-state index is 14.6. The molecule has 1 radical (unpaired) electrons. The van der Waals surface area contributed by atoms with Crippen LogP contribution in [0.4, 0.5) is 20.6 Å². The van der Waals surface area contributed by atoms with Crippen LogP contribution in [-0.2, 0) is 16.1 Å². The SMILES string of the molecule is [CH2]c1ccc(Oc2ccc(F)cc2[C@H]2CCCN2C(=O)OCc2ccccc2)cc1Nc1c(C(=O)OCC)cnc2ccc(Cl)nc12. The predicted octanol–water partition coefficient (Wildman–Crippen LogP) is 8.79. The summed E-state index contributed by atoms with van der Waals surface area (Å²) < 4.78 is 31.8. The highest BCUT2D eigenvalue weighted by Crippen LogP contribution is 2.40. The normalized spacial score (nSPS) is 14.2. The van der Waals surface area contributed by atoms with Crippen molar-refractivity contribution in [2.45, 2.75) is 32.4 Å². The van der Waals surface area contributed by atoms with Crippen LogP contribution in [0.25, 0.3) is 11.0 Å². The van der Waals surface area contributed by atoms with Crippen molar-refractivity contribution in [3.05, 3.63) is 125 Å². The molecule has 5 aromatic rings. The number of benzene rings is 3. The molecule has 1 fully saturated rings. The van der Waals surface area contributed by atoms with Crippen LogP contribution in [0.3, 0.4) is 0 Å². The molecule has 0 bridgehead atoms. The van der Waals surface area contributed by atoms with Gasteiger partial charge in [0.15, 0.2) is 0 Å². The highest BCUT2D eigenvalue weighted by molar-refractivity contribution is 6.30. The van der Waals surface area contributed by atoms with Gasteiger partial charge in [0.2, 0.25) is 0 Å². The van der Waals surface area contributed by atoms with Crippen LogP contribution in [0.5, 0.6) is 11.5 Å². The standard InChI is InChI=1S/C36H31ClFN4O5/c1-3-45-35(43)27-20-39-28-14-16-32(37)41-34(28)33(27)40-29-19-25(13-11-22(29)2)47-31-15-12-24(38)18-26(31)30-10-7-17-42(30)36(44)46-21-23-8-5-4-6-9-23/h4-6,8-9,11-16,18-20,30H,2-3,7,10,17,21H2,1H3,(H,39,40)/t30-/m1/s1. The summed E-state index contributed by atoms with van der Waals surface area (Å²) in [5, 5.41) is 3.50. The molecular formula is C36H31ClFN4O5. The topological polar surface area (TPSA) is 103 Å². The van der Waals surface area contributed by atoms with Gasteiger partial charge in [-0.25, -0.2) is 19.0 Å². The Kier molecular flexibility index (Phi) is 9.49. The molecule has 239 valence electrons. The minimum atomic E-state index is -0.580. The fraction of sp³-hybridized carbons (Fsp3) is 0.194. The summed E-state index contributed by atoms with van der Waals surface area (Å²) in [7, 11) is 0. The molecular weight excluding hydrogens is 623 g/mol. The number of aromatic nitrogens is 2. The average Bonchev–Trinajstić information content (AvgIpc) is 3.57. The number of rotatable bonds is 9. The molecule has 0 saturated carbocycles. The number of pyridine rings is 2. The lowest BCUT2D eigenvalue weighted by Crippen LogP contribution is -2.31. The van der Waals surface area contributed by atoms with Crippen LogP contribution >= 0.6 is 11.6 Å². The lowest BCUT2D eigenvalue weighted by Gasteiger charge is -2.26. The van der Waals surface area contributed by atoms with Gasteiger partial charge in [0.05, 0.1) is 23.9 Å². The first-order chi connectivity index (χ1) is 22.8. The highest BCUT2D eigenvalue weighted by Gasteiger charge is 2.33. The third-order valence-corrected chi connectivity index (χ3v) is 7.98. The van der Waals surface area contributed by atoms with Gasteiger partial charge in [0.25, 0.3) is 0 Å². The molecule has 6 rings (SSSR count). The lowest BCUT2D eigenvalue weighted by atomic mass is 10.0. The number of nitrogens with zero attached hydrogens (tertiary/aromatic N) is 3. The fourth-order valence-electron chi connectivity index (χ4n) is 5.51. The molecule has 1 aliphatic rings. The Morgan fingerprint density at radius 2 is 1.89 bits per heavy atom. The van der Waals surface area contributed by atoms with Gasteiger partial charge in [-0.15, -0.1) is 0 Å². The molecule has 0 spiro atoms. The van der Waals surface area contributed by atoms with Crippen LogP contribution in [0.1, 0.15) is 52.9 Å². The summed E-state index contributed by atoms with van der Waals surface area (Å²) in [5.74, 6) is -0.235. The maximum Gasteiger partial charge on any atom is 0.410 e. The third-order valence-electron chi connectivity index (χ3n) is 7.77. The Hall–Kier alpha value is -5.22. The summed E-state index contributed by atoms with van der Waals surface area (Å²) in [6.45, 7) is 6.62. The van der Waals surface area contributed by atoms with E-state index in [4.69, 9.17) is 25.8 Å². The summed E-state index contributed by atoms with van der Waals surface area (Å²) in [6, 6.07) is 21.7. The van der Waals surface area contributed by atoms with Crippen LogP contribution in [0, 0.1) is 12.7 Å². The molecule has 1 aliphatic heterocycles. The second kappa shape index (κ2) is 14.0. The number of esters is 1. The van der Waals surface area contributed by atoms with Crippen LogP contribution < -0.4 is 10.1 Å². The van der Waals surface area contributed by atoms with Gasteiger partial charge in [0, 0.05) is 30.1 Å². The van der Waals surface area contributed by atoms with E-state index < -0.39 is 23.9 Å². The minimum Gasteiger partial charge on any atom is -0.462 e. The Morgan fingerprint density at radius 1 is 1.06 bits per heavy atom. The van der Waals surface area contributed by atoms with E-state index in [1.807, 2.05) is 30.3 Å². The molecule has 47 heavy (non-hydrogen) atoms. The molecule has 0 unspecified atom stereocenters. The van der Waals surface area contributed by atoms with Crippen molar-refractivity contribution in [3.8, 4) is 11.5 Å². The number of ether oxygens (including phenoxy) is 3. The van der Waals surface area contributed by atoms with Gasteiger partial charge < -0.3 is 24.4 Å². The zero-order valence-electron chi connectivity index (χ0n) is 25.5. The Morgan fingerprint density at radius 3 is 2.70 bits per heavy atom. The smallest absolute Gasteiger partial charge is 0.410 e. The molecule has 2 aromatic heterocycles. The molecule has 0 aliphatic carbocycles. The second-order valence-electron chi connectivity index (χ2n) is 10.9. The van der Waals surface area contributed by atoms with E-state index in [-0.39, 0.29) is 23.9 Å². The number of halogens is 2. The molecule has 3 heterocycles. The van der Waals surface area contributed by atoms with Crippen molar-refractivity contribution >= 4 is 46.1 Å². The number of anilines is 2. The van der Waals surface area contributed by atoms with Crippen molar-refractivity contribution in [1.82, 2.24) is 14.9 Å². The quantitative estimate of drug-likeness (QED) is 0.124. The highest BCUT2D eigenvalue weighted by atomic mass is 35.5. The second-order valence-corrected chi connectivity index (χ2v) is 11.3. The molecule has 1 saturated heterocycles. The van der Waals surface area contributed by atoms with E-state index in [0.29, 0.717) is 58.0 Å². The van der Waals surface area contributed by atoms with Gasteiger partial charge in [-0.3, -0.25) is 4.98 Å². The fourth-order valence-corrected chi connectivity index (χ4v) is 5.66. The molecule has 11 heteroatoms. The molecule has 3 aromatic carbocycles. The summed E-state index contributed by atoms with van der Waals surface area (Å²) in [6.07, 6.45) is 2.29. The molecule has 1 atom stereocenters. The monoisotopic (exact) mass is 653 g/mol. The van der Waals surface area contributed by atoms with Crippen LogP contribution in [-0.4, -0.2) is 40.1 Å². The molecule has 1 N–H and O–H groups in total. The Balaban J connectivity index is 1.29. The average molecular weight is 654 g/mol. The Bertz CT molecular complexity index is 1940. The summed E-state index contributed by atoms with van der Waals surface area (Å²) >= 11 is 6.21. The van der Waals surface area contributed by atoms with Crippen LogP contribution in [0.2, 0.25) is 5.15 Å². The van der Waals surface area contributed by atoms with Crippen molar-refractivity contribution in [3.63, 3.8) is 0 Å². The van der Waals surface area contributed by atoms with Gasteiger partial charge in [-0.2, -0.15) is 0 Å². The number of carbonyl (C=O) groups excluding carboxylic acids is 2. The van der Waals surface area contributed by atoms with E-state index in [0.717, 1.165) is 12.0 Å².